The molecule has 0 aliphatic rings. The summed E-state index contributed by atoms with van der Waals surface area (Å²) < 4.78 is 0. The quantitative estimate of drug-likeness (QED) is 0.396. The molecule has 0 aliphatic carbocycles. The van der Waals surface area contributed by atoms with Crippen molar-refractivity contribution in [1.82, 2.24) is 0 Å². The molecule has 86 valence electrons. The van der Waals surface area contributed by atoms with Gasteiger partial charge in [0.05, 0.1) is 0 Å². The van der Waals surface area contributed by atoms with Crippen molar-refractivity contribution in [3.63, 3.8) is 0 Å². The topological polar surface area (TPSA) is 0 Å². The van der Waals surface area contributed by atoms with Crippen LogP contribution >= 0.6 is 15.8 Å². The fraction of sp³-hybridized carbons (Fsp3) is 1.00. The first-order chi connectivity index (χ1) is 6.78. The second-order valence-corrected chi connectivity index (χ2v) is 9.87. The molecule has 0 spiro atoms. The predicted molar refractivity (Wildman–Crippen MR) is 75.0 cm³/mol. The van der Waals surface area contributed by atoms with Crippen molar-refractivity contribution in [2.45, 2.75) is 40.5 Å². The highest BCUT2D eigenvalue weighted by Crippen LogP contribution is 2.38. The Morgan fingerprint density at radius 1 is 0.571 bits per heavy atom. The maximum Gasteiger partial charge on any atom is -0.0326 e. The van der Waals surface area contributed by atoms with Crippen LogP contribution in [0.2, 0.25) is 0 Å². The highest BCUT2D eigenvalue weighted by Gasteiger charge is 2.04. The highest BCUT2D eigenvalue weighted by molar-refractivity contribution is 7.57. The maximum absolute atomic E-state index is 2.36. The van der Waals surface area contributed by atoms with Crippen LogP contribution in [0.3, 0.4) is 0 Å². The molecular formula is C12H28P2. The van der Waals surface area contributed by atoms with Crippen molar-refractivity contribution in [3.8, 4) is 0 Å². The van der Waals surface area contributed by atoms with E-state index in [0.29, 0.717) is 15.8 Å². The number of hydrogen-bond donors (Lipinski definition) is 0. The van der Waals surface area contributed by atoms with Gasteiger partial charge in [0, 0.05) is 0 Å². The molecule has 0 aliphatic heterocycles. The van der Waals surface area contributed by atoms with Crippen molar-refractivity contribution in [1.29, 1.82) is 0 Å². The van der Waals surface area contributed by atoms with Gasteiger partial charge in [-0.15, -0.1) is 15.8 Å². The largest absolute Gasteiger partial charge is 0.107 e. The van der Waals surface area contributed by atoms with Gasteiger partial charge in [-0.3, -0.25) is 0 Å². The molecule has 0 radical (unpaired) electrons. The zero-order chi connectivity index (χ0) is 10.8. The van der Waals surface area contributed by atoms with E-state index >= 15 is 0 Å². The molecule has 0 fully saturated rings. The molecule has 0 atom stereocenters. The van der Waals surface area contributed by atoms with Crippen molar-refractivity contribution in [3.05, 3.63) is 0 Å². The molecule has 0 aromatic heterocycles. The Morgan fingerprint density at radius 2 is 0.857 bits per heavy atom. The molecule has 0 unspecified atom stereocenters. The van der Waals surface area contributed by atoms with E-state index in [2.05, 4.69) is 27.7 Å². The third-order valence-corrected chi connectivity index (χ3v) is 8.46. The van der Waals surface area contributed by atoms with Gasteiger partial charge in [-0.25, -0.2) is 0 Å². The van der Waals surface area contributed by atoms with Gasteiger partial charge >= 0.3 is 0 Å². The summed E-state index contributed by atoms with van der Waals surface area (Å²) in [6.45, 7) is 9.45. The zero-order valence-electron chi connectivity index (χ0n) is 10.6. The first-order valence-electron chi connectivity index (χ1n) is 6.23. The van der Waals surface area contributed by atoms with Gasteiger partial charge in [0.1, 0.15) is 0 Å². The molecule has 0 N–H and O–H groups in total. The highest BCUT2D eigenvalue weighted by atomic mass is 31.1. The smallest absolute Gasteiger partial charge is 0.0326 e. The molecule has 0 nitrogen and oxygen atoms in total. The van der Waals surface area contributed by atoms with Crippen molar-refractivity contribution < 1.29 is 0 Å². The SMILES string of the molecule is CCP(CC)CCCCP(CC)CC. The summed E-state index contributed by atoms with van der Waals surface area (Å²) in [4.78, 5) is 0. The van der Waals surface area contributed by atoms with Crippen LogP contribution in [0, 0.1) is 0 Å². The molecule has 2 heteroatoms. The van der Waals surface area contributed by atoms with E-state index in [-0.39, 0.29) is 0 Å². The molecule has 0 bridgehead atoms. The van der Waals surface area contributed by atoms with Crippen LogP contribution in [-0.2, 0) is 0 Å². The van der Waals surface area contributed by atoms with Crippen molar-refractivity contribution in [2.75, 3.05) is 37.0 Å². The lowest BCUT2D eigenvalue weighted by Gasteiger charge is -2.15. The van der Waals surface area contributed by atoms with Gasteiger partial charge in [-0.05, 0) is 49.8 Å². The van der Waals surface area contributed by atoms with E-state index in [1.165, 1.54) is 37.5 Å². The summed E-state index contributed by atoms with van der Waals surface area (Å²) in [5.41, 5.74) is 0. The lowest BCUT2D eigenvalue weighted by Crippen LogP contribution is -1.94. The molecule has 0 aromatic rings. The Bertz CT molecular complexity index is 92.9. The van der Waals surface area contributed by atoms with E-state index < -0.39 is 0 Å². The molecule has 0 heterocycles. The second kappa shape index (κ2) is 10.4. The van der Waals surface area contributed by atoms with Gasteiger partial charge < -0.3 is 0 Å². The Hall–Kier alpha value is 0.860. The lowest BCUT2D eigenvalue weighted by molar-refractivity contribution is 0.892. The standard InChI is InChI=1S/C12H28P2/c1-5-13(6-2)11-9-10-12-14(7-3)8-4/h5-12H2,1-4H3. The zero-order valence-corrected chi connectivity index (χ0v) is 12.3. The minimum Gasteiger partial charge on any atom is -0.107 e. The molecule has 0 amide bonds. The molecular weight excluding hydrogens is 206 g/mol. The van der Waals surface area contributed by atoms with Crippen LogP contribution in [-0.4, -0.2) is 37.0 Å². The molecule has 0 saturated carbocycles. The average Bonchev–Trinajstić information content (AvgIpc) is 2.24. The van der Waals surface area contributed by atoms with Gasteiger partial charge in [-0.2, -0.15) is 0 Å². The van der Waals surface area contributed by atoms with Gasteiger partial charge in [0.25, 0.3) is 0 Å². The summed E-state index contributed by atoms with van der Waals surface area (Å²) in [6.07, 6.45) is 11.9. The van der Waals surface area contributed by atoms with E-state index in [1.54, 1.807) is 12.3 Å². The third kappa shape index (κ3) is 7.19. The maximum atomic E-state index is 2.36. The fourth-order valence-electron chi connectivity index (χ4n) is 1.75. The van der Waals surface area contributed by atoms with Crippen molar-refractivity contribution >= 4 is 15.8 Å². The van der Waals surface area contributed by atoms with Crippen LogP contribution in [0.25, 0.3) is 0 Å². The molecule has 0 rings (SSSR count). The number of unbranched alkanes of at least 4 members (excludes halogenated alkanes) is 1. The molecule has 0 aromatic carbocycles. The Balaban J connectivity index is 3.35. The van der Waals surface area contributed by atoms with E-state index in [1.807, 2.05) is 0 Å². The summed E-state index contributed by atoms with van der Waals surface area (Å²) in [5.74, 6) is 0. The van der Waals surface area contributed by atoms with Crippen LogP contribution < -0.4 is 0 Å². The van der Waals surface area contributed by atoms with Crippen LogP contribution in [0.4, 0.5) is 0 Å². The summed E-state index contributed by atoms with van der Waals surface area (Å²) in [6, 6.07) is 0. The van der Waals surface area contributed by atoms with Crippen molar-refractivity contribution in [2.24, 2.45) is 0 Å². The Labute approximate surface area is 93.8 Å². The first kappa shape index (κ1) is 14.9. The van der Waals surface area contributed by atoms with Gasteiger partial charge in [-0.1, -0.05) is 27.7 Å². The van der Waals surface area contributed by atoms with E-state index in [9.17, 15) is 0 Å². The minimum atomic E-state index is 0.412. The van der Waals surface area contributed by atoms with Gasteiger partial charge in [0.2, 0.25) is 0 Å². The first-order valence-corrected chi connectivity index (χ1v) is 10.0. The van der Waals surface area contributed by atoms with Gasteiger partial charge in [0.15, 0.2) is 0 Å². The lowest BCUT2D eigenvalue weighted by atomic mass is 10.4. The van der Waals surface area contributed by atoms with Crippen LogP contribution in [0.15, 0.2) is 0 Å². The monoisotopic (exact) mass is 234 g/mol. The number of hydrogen-bond acceptors (Lipinski definition) is 0. The summed E-state index contributed by atoms with van der Waals surface area (Å²) in [5, 5.41) is 0. The molecule has 14 heavy (non-hydrogen) atoms. The Morgan fingerprint density at radius 3 is 1.07 bits per heavy atom. The second-order valence-electron chi connectivity index (χ2n) is 3.76. The average molecular weight is 234 g/mol. The minimum absolute atomic E-state index is 0.412. The normalized spacial score (nSPS) is 11.6. The fourth-order valence-corrected chi connectivity index (χ4v) is 5.25. The predicted octanol–water partition coefficient (Wildman–Crippen LogP) is 4.81. The molecule has 0 saturated heterocycles. The van der Waals surface area contributed by atoms with E-state index in [0.717, 1.165) is 0 Å². The Kier molecular flexibility index (Phi) is 11.0. The third-order valence-electron chi connectivity index (χ3n) is 2.99. The van der Waals surface area contributed by atoms with Crippen LogP contribution in [0.5, 0.6) is 0 Å². The van der Waals surface area contributed by atoms with Crippen LogP contribution in [0.1, 0.15) is 40.5 Å². The summed E-state index contributed by atoms with van der Waals surface area (Å²) >= 11 is 0. The van der Waals surface area contributed by atoms with E-state index in [4.69, 9.17) is 0 Å². The summed E-state index contributed by atoms with van der Waals surface area (Å²) in [7, 11) is 0.823. The number of rotatable bonds is 9.